The zero-order chi connectivity index (χ0) is 12.5. The molecule has 0 bridgehead atoms. The minimum atomic E-state index is -0.136. The summed E-state index contributed by atoms with van der Waals surface area (Å²) in [7, 11) is 0. The van der Waals surface area contributed by atoms with Crippen LogP contribution in [0.1, 0.15) is 39.5 Å². The van der Waals surface area contributed by atoms with Crippen LogP contribution in [0.5, 0.6) is 0 Å². The van der Waals surface area contributed by atoms with E-state index in [4.69, 9.17) is 4.74 Å². The molecule has 1 fully saturated rings. The summed E-state index contributed by atoms with van der Waals surface area (Å²) in [6.07, 6.45) is 3.64. The molecule has 98 valence electrons. The number of nitrogens with zero attached hydrogens (tertiary/aromatic N) is 1. The minimum Gasteiger partial charge on any atom is -0.466 e. The Morgan fingerprint density at radius 2 is 2.18 bits per heavy atom. The molecule has 0 aliphatic heterocycles. The van der Waals surface area contributed by atoms with Gasteiger partial charge in [0.1, 0.15) is 0 Å². The highest BCUT2D eigenvalue weighted by molar-refractivity contribution is 5.80. The zero-order valence-corrected chi connectivity index (χ0v) is 10.8. The molecule has 1 saturated carbocycles. The van der Waals surface area contributed by atoms with Gasteiger partial charge in [-0.05, 0) is 33.1 Å². The molecule has 2 N–H and O–H groups in total. The van der Waals surface area contributed by atoms with E-state index in [0.717, 1.165) is 18.9 Å². The third-order valence-electron chi connectivity index (χ3n) is 2.38. The monoisotopic (exact) mass is 241 g/mol. The molecule has 17 heavy (non-hydrogen) atoms. The highest BCUT2D eigenvalue weighted by atomic mass is 16.5. The molecule has 0 spiro atoms. The molecular weight excluding hydrogens is 218 g/mol. The summed E-state index contributed by atoms with van der Waals surface area (Å²) in [5.41, 5.74) is 0. The smallest absolute Gasteiger partial charge is 0.305 e. The van der Waals surface area contributed by atoms with Crippen LogP contribution in [0.4, 0.5) is 0 Å². The lowest BCUT2D eigenvalue weighted by atomic mass is 10.3. The second-order valence-corrected chi connectivity index (χ2v) is 4.09. The number of hydrogen-bond donors (Lipinski definition) is 2. The van der Waals surface area contributed by atoms with Gasteiger partial charge < -0.3 is 15.4 Å². The minimum absolute atomic E-state index is 0.136. The first-order valence-corrected chi connectivity index (χ1v) is 6.46. The fourth-order valence-electron chi connectivity index (χ4n) is 1.39. The van der Waals surface area contributed by atoms with Crippen molar-refractivity contribution in [3.63, 3.8) is 0 Å². The number of aliphatic imine (C=N–C) groups is 1. The van der Waals surface area contributed by atoms with E-state index in [1.54, 1.807) is 0 Å². The first-order chi connectivity index (χ1) is 8.26. The van der Waals surface area contributed by atoms with Gasteiger partial charge in [-0.2, -0.15) is 0 Å². The zero-order valence-electron chi connectivity index (χ0n) is 10.8. The number of carbonyl (C=O) groups is 1. The quantitative estimate of drug-likeness (QED) is 0.303. The van der Waals surface area contributed by atoms with Gasteiger partial charge in [0.25, 0.3) is 0 Å². The fourth-order valence-corrected chi connectivity index (χ4v) is 1.39. The van der Waals surface area contributed by atoms with Gasteiger partial charge in [-0.15, -0.1) is 0 Å². The first-order valence-electron chi connectivity index (χ1n) is 6.46. The SMILES string of the molecule is CCNC(=NCCCC(=O)OCC)NC1CC1. The molecule has 0 saturated heterocycles. The van der Waals surface area contributed by atoms with E-state index in [1.165, 1.54) is 12.8 Å². The van der Waals surface area contributed by atoms with Gasteiger partial charge in [0.15, 0.2) is 5.96 Å². The van der Waals surface area contributed by atoms with E-state index in [1.807, 2.05) is 13.8 Å². The molecule has 5 heteroatoms. The van der Waals surface area contributed by atoms with Gasteiger partial charge in [-0.25, -0.2) is 0 Å². The first kappa shape index (κ1) is 13.8. The molecule has 0 atom stereocenters. The van der Waals surface area contributed by atoms with Crippen molar-refractivity contribution in [2.45, 2.75) is 45.6 Å². The number of ether oxygens (including phenoxy) is 1. The third kappa shape index (κ3) is 6.81. The van der Waals surface area contributed by atoms with Crippen LogP contribution in [0, 0.1) is 0 Å². The summed E-state index contributed by atoms with van der Waals surface area (Å²) >= 11 is 0. The Labute approximate surface area is 103 Å². The van der Waals surface area contributed by atoms with Crippen LogP contribution < -0.4 is 10.6 Å². The van der Waals surface area contributed by atoms with E-state index in [-0.39, 0.29) is 5.97 Å². The number of rotatable bonds is 7. The summed E-state index contributed by atoms with van der Waals surface area (Å²) in [5, 5.41) is 6.52. The summed E-state index contributed by atoms with van der Waals surface area (Å²) in [6.45, 7) is 5.83. The molecule has 5 nitrogen and oxygen atoms in total. The average Bonchev–Trinajstić information content (AvgIpc) is 3.09. The maximum absolute atomic E-state index is 11.1. The van der Waals surface area contributed by atoms with Gasteiger partial charge in [0.05, 0.1) is 6.61 Å². The predicted octanol–water partition coefficient (Wildman–Crippen LogP) is 1.05. The standard InChI is InChI=1S/C12H23N3O2/c1-3-13-12(15-10-7-8-10)14-9-5-6-11(16)17-4-2/h10H,3-9H2,1-2H3,(H2,13,14,15). The highest BCUT2D eigenvalue weighted by Crippen LogP contribution is 2.18. The summed E-state index contributed by atoms with van der Waals surface area (Å²) in [6, 6.07) is 0.595. The number of esters is 1. The molecule has 0 aromatic rings. The fraction of sp³-hybridized carbons (Fsp3) is 0.833. The molecule has 1 aliphatic rings. The molecule has 0 amide bonds. The molecule has 1 rings (SSSR count). The molecular formula is C12H23N3O2. The van der Waals surface area contributed by atoms with Crippen molar-refractivity contribution >= 4 is 11.9 Å². The molecule has 0 aromatic heterocycles. The molecule has 0 heterocycles. The lowest BCUT2D eigenvalue weighted by Gasteiger charge is -2.09. The molecule has 0 unspecified atom stereocenters. The summed E-state index contributed by atoms with van der Waals surface area (Å²) in [4.78, 5) is 15.5. The van der Waals surface area contributed by atoms with Gasteiger partial charge in [-0.1, -0.05) is 0 Å². The van der Waals surface area contributed by atoms with E-state index < -0.39 is 0 Å². The van der Waals surface area contributed by atoms with Crippen LogP contribution in [0.3, 0.4) is 0 Å². The van der Waals surface area contributed by atoms with Crippen molar-refractivity contribution < 1.29 is 9.53 Å². The maximum atomic E-state index is 11.1. The normalized spacial score (nSPS) is 15.5. The lowest BCUT2D eigenvalue weighted by Crippen LogP contribution is -2.38. The third-order valence-corrected chi connectivity index (χ3v) is 2.38. The molecule has 1 aliphatic carbocycles. The van der Waals surface area contributed by atoms with Crippen molar-refractivity contribution in [1.82, 2.24) is 10.6 Å². The Hall–Kier alpha value is -1.26. The van der Waals surface area contributed by atoms with Crippen LogP contribution >= 0.6 is 0 Å². The topological polar surface area (TPSA) is 62.7 Å². The van der Waals surface area contributed by atoms with Gasteiger partial charge in [-0.3, -0.25) is 9.79 Å². The van der Waals surface area contributed by atoms with Crippen molar-refractivity contribution in [1.29, 1.82) is 0 Å². The van der Waals surface area contributed by atoms with Gasteiger partial charge >= 0.3 is 5.97 Å². The average molecular weight is 241 g/mol. The number of carbonyl (C=O) groups excluding carboxylic acids is 1. The van der Waals surface area contributed by atoms with Gasteiger partial charge in [0.2, 0.25) is 0 Å². The van der Waals surface area contributed by atoms with Gasteiger partial charge in [0, 0.05) is 25.6 Å². The number of guanidine groups is 1. The van der Waals surface area contributed by atoms with Crippen molar-refractivity contribution in [2.24, 2.45) is 4.99 Å². The Kier molecular flexibility index (Phi) is 6.43. The van der Waals surface area contributed by atoms with Crippen molar-refractivity contribution in [3.8, 4) is 0 Å². The Morgan fingerprint density at radius 1 is 1.41 bits per heavy atom. The van der Waals surface area contributed by atoms with E-state index in [0.29, 0.717) is 25.6 Å². The van der Waals surface area contributed by atoms with Crippen LogP contribution in [-0.4, -0.2) is 37.7 Å². The molecule has 0 aromatic carbocycles. The van der Waals surface area contributed by atoms with E-state index in [2.05, 4.69) is 15.6 Å². The van der Waals surface area contributed by atoms with Crippen molar-refractivity contribution in [3.05, 3.63) is 0 Å². The summed E-state index contributed by atoms with van der Waals surface area (Å²) < 4.78 is 4.85. The lowest BCUT2D eigenvalue weighted by molar-refractivity contribution is -0.143. The van der Waals surface area contributed by atoms with Crippen LogP contribution in [0.25, 0.3) is 0 Å². The molecule has 0 radical (unpaired) electrons. The second kappa shape index (κ2) is 7.92. The second-order valence-electron chi connectivity index (χ2n) is 4.09. The van der Waals surface area contributed by atoms with Crippen molar-refractivity contribution in [2.75, 3.05) is 19.7 Å². The maximum Gasteiger partial charge on any atom is 0.305 e. The Bertz CT molecular complexity index is 262. The predicted molar refractivity (Wildman–Crippen MR) is 68.0 cm³/mol. The Morgan fingerprint density at radius 3 is 2.76 bits per heavy atom. The van der Waals surface area contributed by atoms with E-state index in [9.17, 15) is 4.79 Å². The van der Waals surface area contributed by atoms with Crippen LogP contribution in [0.2, 0.25) is 0 Å². The largest absolute Gasteiger partial charge is 0.466 e. The number of nitrogens with one attached hydrogen (secondary N) is 2. The van der Waals surface area contributed by atoms with Crippen LogP contribution in [0.15, 0.2) is 4.99 Å². The van der Waals surface area contributed by atoms with Crippen LogP contribution in [-0.2, 0) is 9.53 Å². The highest BCUT2D eigenvalue weighted by Gasteiger charge is 2.21. The van der Waals surface area contributed by atoms with E-state index >= 15 is 0 Å². The number of hydrogen-bond acceptors (Lipinski definition) is 3. The summed E-state index contributed by atoms with van der Waals surface area (Å²) in [5.74, 6) is 0.724. The Balaban J connectivity index is 2.16.